The first-order chi connectivity index (χ1) is 13.7. The number of carbonyl (C=O) groups is 2. The Bertz CT molecular complexity index is 889. The van der Waals surface area contributed by atoms with Crippen LogP contribution in [-0.2, 0) is 31.9 Å². The summed E-state index contributed by atoms with van der Waals surface area (Å²) in [5, 5.41) is 21.7. The lowest BCUT2D eigenvalue weighted by molar-refractivity contribution is -0.385. The van der Waals surface area contributed by atoms with Crippen molar-refractivity contribution in [2.24, 2.45) is 5.41 Å². The van der Waals surface area contributed by atoms with Crippen molar-refractivity contribution in [3.8, 4) is 0 Å². The molecular formula is C19H16N2O8. The molecule has 2 aromatic rings. The maximum atomic E-state index is 12.8. The van der Waals surface area contributed by atoms with Gasteiger partial charge >= 0.3 is 11.9 Å². The van der Waals surface area contributed by atoms with Crippen molar-refractivity contribution >= 4 is 23.3 Å². The molecule has 150 valence electrons. The zero-order valence-electron chi connectivity index (χ0n) is 15.3. The van der Waals surface area contributed by atoms with Crippen LogP contribution < -0.4 is 0 Å². The number of non-ortho nitro benzene ring substituents is 2. The molecule has 29 heavy (non-hydrogen) atoms. The molecule has 0 aliphatic carbocycles. The summed E-state index contributed by atoms with van der Waals surface area (Å²) >= 11 is 0. The van der Waals surface area contributed by atoms with Gasteiger partial charge in [-0.1, -0.05) is 24.3 Å². The molecule has 0 atom stereocenters. The van der Waals surface area contributed by atoms with Gasteiger partial charge in [0.25, 0.3) is 11.4 Å². The smallest absolute Gasteiger partial charge is 0.327 e. The highest BCUT2D eigenvalue weighted by molar-refractivity contribution is 6.02. The van der Waals surface area contributed by atoms with Crippen molar-refractivity contribution in [3.05, 3.63) is 79.9 Å². The first-order valence-electron chi connectivity index (χ1n) is 8.60. The van der Waals surface area contributed by atoms with Gasteiger partial charge in [-0.3, -0.25) is 29.8 Å². The summed E-state index contributed by atoms with van der Waals surface area (Å²) in [5.74, 6) is -1.56. The average Bonchev–Trinajstić information content (AvgIpc) is 2.67. The third-order valence-corrected chi connectivity index (χ3v) is 4.63. The van der Waals surface area contributed by atoms with E-state index in [0.29, 0.717) is 11.1 Å². The zero-order valence-corrected chi connectivity index (χ0v) is 15.3. The summed E-state index contributed by atoms with van der Waals surface area (Å²) < 4.78 is 10.3. The highest BCUT2D eigenvalue weighted by Crippen LogP contribution is 2.36. The van der Waals surface area contributed by atoms with Crippen LogP contribution >= 0.6 is 0 Å². The van der Waals surface area contributed by atoms with Crippen LogP contribution in [0.3, 0.4) is 0 Å². The number of hydrogen-bond acceptors (Lipinski definition) is 8. The Morgan fingerprint density at radius 1 is 0.793 bits per heavy atom. The van der Waals surface area contributed by atoms with Crippen molar-refractivity contribution < 1.29 is 28.9 Å². The van der Waals surface area contributed by atoms with E-state index in [1.807, 2.05) is 0 Å². The van der Waals surface area contributed by atoms with E-state index >= 15 is 0 Å². The van der Waals surface area contributed by atoms with Crippen LogP contribution in [0.15, 0.2) is 48.5 Å². The molecule has 10 nitrogen and oxygen atoms in total. The second-order valence-corrected chi connectivity index (χ2v) is 6.66. The maximum Gasteiger partial charge on any atom is 0.327 e. The SMILES string of the molecule is CC1OC(=O)C(Cc2ccc([N+](=O)[O-])cc2)(Cc2ccc([N+](=O)[O-])cc2)C(=O)O1. The predicted octanol–water partition coefficient (Wildman–Crippen LogP) is 2.72. The Morgan fingerprint density at radius 3 is 1.45 bits per heavy atom. The van der Waals surface area contributed by atoms with Crippen molar-refractivity contribution in [2.75, 3.05) is 0 Å². The Kier molecular flexibility index (Phi) is 5.26. The van der Waals surface area contributed by atoms with E-state index in [-0.39, 0.29) is 24.2 Å². The molecule has 0 unspecified atom stereocenters. The Balaban J connectivity index is 1.95. The van der Waals surface area contributed by atoms with Crippen molar-refractivity contribution in [2.45, 2.75) is 26.1 Å². The fourth-order valence-electron chi connectivity index (χ4n) is 3.15. The standard InChI is InChI=1S/C19H16N2O8/c1-12-28-17(22)19(18(23)29-12,10-13-2-6-15(7-3-13)20(24)25)11-14-4-8-16(9-5-14)21(26)27/h2-9,12H,10-11H2,1H3. The van der Waals surface area contributed by atoms with Gasteiger partial charge in [0, 0.05) is 31.2 Å². The molecule has 1 aliphatic rings. The summed E-state index contributed by atoms with van der Waals surface area (Å²) in [5.41, 5.74) is -0.957. The van der Waals surface area contributed by atoms with Gasteiger partial charge in [0.2, 0.25) is 6.29 Å². The van der Waals surface area contributed by atoms with Gasteiger partial charge < -0.3 is 9.47 Å². The van der Waals surface area contributed by atoms with E-state index in [1.54, 1.807) is 0 Å². The molecule has 1 aliphatic heterocycles. The summed E-state index contributed by atoms with van der Waals surface area (Å²) in [4.78, 5) is 46.1. The largest absolute Gasteiger partial charge is 0.425 e. The minimum Gasteiger partial charge on any atom is -0.425 e. The molecule has 0 N–H and O–H groups in total. The number of ether oxygens (including phenoxy) is 2. The fraction of sp³-hybridized carbons (Fsp3) is 0.263. The van der Waals surface area contributed by atoms with E-state index in [0.717, 1.165) is 0 Å². The van der Waals surface area contributed by atoms with Gasteiger partial charge in [0.1, 0.15) is 0 Å². The van der Waals surface area contributed by atoms with Crippen LogP contribution in [-0.4, -0.2) is 28.1 Å². The van der Waals surface area contributed by atoms with Crippen molar-refractivity contribution in [1.82, 2.24) is 0 Å². The van der Waals surface area contributed by atoms with Gasteiger partial charge in [-0.05, 0) is 24.0 Å². The maximum absolute atomic E-state index is 12.8. The summed E-state index contributed by atoms with van der Waals surface area (Å²) in [7, 11) is 0. The number of cyclic esters (lactones) is 2. The van der Waals surface area contributed by atoms with E-state index in [4.69, 9.17) is 9.47 Å². The van der Waals surface area contributed by atoms with Gasteiger partial charge in [0.15, 0.2) is 5.41 Å². The lowest BCUT2D eigenvalue weighted by Gasteiger charge is -2.35. The van der Waals surface area contributed by atoms with Gasteiger partial charge in [-0.15, -0.1) is 0 Å². The van der Waals surface area contributed by atoms with E-state index in [9.17, 15) is 29.8 Å². The topological polar surface area (TPSA) is 139 Å². The molecule has 1 heterocycles. The molecular weight excluding hydrogens is 384 g/mol. The van der Waals surface area contributed by atoms with Crippen LogP contribution in [0.1, 0.15) is 18.1 Å². The third-order valence-electron chi connectivity index (χ3n) is 4.63. The second kappa shape index (κ2) is 7.66. The molecule has 1 saturated heterocycles. The van der Waals surface area contributed by atoms with Crippen molar-refractivity contribution in [1.29, 1.82) is 0 Å². The summed E-state index contributed by atoms with van der Waals surface area (Å²) in [6.07, 6.45) is -1.24. The monoisotopic (exact) mass is 400 g/mol. The average molecular weight is 400 g/mol. The van der Waals surface area contributed by atoms with Crippen LogP contribution in [0.2, 0.25) is 0 Å². The third kappa shape index (κ3) is 4.05. The lowest BCUT2D eigenvalue weighted by Crippen LogP contribution is -2.52. The van der Waals surface area contributed by atoms with Gasteiger partial charge in [0.05, 0.1) is 9.85 Å². The normalized spacial score (nSPS) is 16.0. The predicted molar refractivity (Wildman–Crippen MR) is 97.7 cm³/mol. The number of nitro groups is 2. The number of esters is 2. The van der Waals surface area contributed by atoms with E-state index in [1.165, 1.54) is 55.5 Å². The van der Waals surface area contributed by atoms with E-state index in [2.05, 4.69) is 0 Å². The fourth-order valence-corrected chi connectivity index (χ4v) is 3.15. The Morgan fingerprint density at radius 2 is 1.14 bits per heavy atom. The minimum absolute atomic E-state index is 0.105. The summed E-state index contributed by atoms with van der Waals surface area (Å²) in [6.45, 7) is 1.41. The number of benzene rings is 2. The number of hydrogen-bond donors (Lipinski definition) is 0. The lowest BCUT2D eigenvalue weighted by atomic mass is 9.76. The first-order valence-corrected chi connectivity index (χ1v) is 8.60. The van der Waals surface area contributed by atoms with Gasteiger partial charge in [-0.25, -0.2) is 0 Å². The minimum atomic E-state index is -1.71. The van der Waals surface area contributed by atoms with Crippen LogP contribution in [0.4, 0.5) is 11.4 Å². The van der Waals surface area contributed by atoms with Gasteiger partial charge in [-0.2, -0.15) is 0 Å². The van der Waals surface area contributed by atoms with Crippen molar-refractivity contribution in [3.63, 3.8) is 0 Å². The molecule has 0 saturated carbocycles. The second-order valence-electron chi connectivity index (χ2n) is 6.66. The molecule has 3 rings (SSSR count). The number of carbonyl (C=O) groups excluding carboxylic acids is 2. The van der Waals surface area contributed by atoms with E-state index < -0.39 is 33.5 Å². The molecule has 0 radical (unpaired) electrons. The summed E-state index contributed by atoms with van der Waals surface area (Å²) in [6, 6.07) is 10.9. The molecule has 10 heteroatoms. The number of nitro benzene ring substituents is 2. The number of nitrogens with zero attached hydrogens (tertiary/aromatic N) is 2. The Labute approximate surface area is 164 Å². The zero-order chi connectivity index (χ0) is 21.2. The molecule has 1 fully saturated rings. The highest BCUT2D eigenvalue weighted by Gasteiger charge is 2.53. The molecule has 0 amide bonds. The molecule has 0 bridgehead atoms. The number of rotatable bonds is 6. The molecule has 0 aromatic heterocycles. The first kappa shape index (κ1) is 19.9. The Hall–Kier alpha value is -3.82. The molecule has 2 aromatic carbocycles. The quantitative estimate of drug-likeness (QED) is 0.312. The highest BCUT2D eigenvalue weighted by atomic mass is 16.7. The molecule has 0 spiro atoms. The van der Waals surface area contributed by atoms with Crippen LogP contribution in [0.5, 0.6) is 0 Å². The van der Waals surface area contributed by atoms with Crippen LogP contribution in [0.25, 0.3) is 0 Å². The van der Waals surface area contributed by atoms with Crippen LogP contribution in [0, 0.1) is 25.6 Å².